The minimum Gasteiger partial charge on any atom is -0.444 e. The molecule has 1 aliphatic carbocycles. The minimum absolute atomic E-state index is 0.0544. The zero-order valence-corrected chi connectivity index (χ0v) is 10.3. The van der Waals surface area contributed by atoms with Gasteiger partial charge in [0.1, 0.15) is 11.9 Å². The number of carbonyl (C=O) groups excluding carboxylic acids is 2. The van der Waals surface area contributed by atoms with Crippen molar-refractivity contribution in [1.29, 1.82) is 0 Å². The van der Waals surface area contributed by atoms with E-state index < -0.39 is 11.7 Å². The van der Waals surface area contributed by atoms with E-state index in [4.69, 9.17) is 4.74 Å². The molecular formula is C12H21NO3. The van der Waals surface area contributed by atoms with Gasteiger partial charge in [0.25, 0.3) is 0 Å². The van der Waals surface area contributed by atoms with Gasteiger partial charge in [-0.15, -0.1) is 0 Å². The van der Waals surface area contributed by atoms with E-state index in [2.05, 4.69) is 5.32 Å². The normalized spacial score (nSPS) is 18.4. The summed E-state index contributed by atoms with van der Waals surface area (Å²) in [7, 11) is 0. The summed E-state index contributed by atoms with van der Waals surface area (Å²) in [5.74, 6) is 0.397. The van der Waals surface area contributed by atoms with Crippen LogP contribution >= 0.6 is 0 Å². The topological polar surface area (TPSA) is 55.4 Å². The first-order chi connectivity index (χ1) is 7.42. The number of aldehydes is 1. The molecular weight excluding hydrogens is 206 g/mol. The Morgan fingerprint density at radius 3 is 2.50 bits per heavy atom. The molecule has 1 atom stereocenters. The molecule has 0 aliphatic heterocycles. The fourth-order valence-corrected chi connectivity index (χ4v) is 1.71. The first kappa shape index (κ1) is 13.0. The molecule has 1 saturated carbocycles. The molecule has 92 valence electrons. The maximum Gasteiger partial charge on any atom is 0.407 e. The van der Waals surface area contributed by atoms with E-state index in [0.717, 1.165) is 19.1 Å². The molecule has 1 amide bonds. The number of amides is 1. The van der Waals surface area contributed by atoms with Crippen LogP contribution in [0.25, 0.3) is 0 Å². The zero-order valence-electron chi connectivity index (χ0n) is 10.3. The Labute approximate surface area is 96.7 Å². The Bertz CT molecular complexity index is 253. The Morgan fingerprint density at radius 1 is 1.50 bits per heavy atom. The molecule has 0 radical (unpaired) electrons. The van der Waals surface area contributed by atoms with Crippen LogP contribution in [-0.4, -0.2) is 24.5 Å². The summed E-state index contributed by atoms with van der Waals surface area (Å²) in [6.07, 6.45) is 3.89. The standard InChI is InChI=1S/C12H21NO3/c1-12(2,3)16-11(15)13-7-10(8-14)9-5-4-6-9/h8-10H,4-7H2,1-3H3,(H,13,15). The van der Waals surface area contributed by atoms with E-state index in [9.17, 15) is 9.59 Å². The summed E-state index contributed by atoms with van der Waals surface area (Å²) in [5, 5.41) is 2.65. The van der Waals surface area contributed by atoms with Crippen LogP contribution in [0.5, 0.6) is 0 Å². The van der Waals surface area contributed by atoms with Crippen molar-refractivity contribution in [3.63, 3.8) is 0 Å². The molecule has 0 saturated heterocycles. The van der Waals surface area contributed by atoms with Crippen LogP contribution in [0, 0.1) is 11.8 Å². The average molecular weight is 227 g/mol. The lowest BCUT2D eigenvalue weighted by atomic mass is 9.76. The first-order valence-electron chi connectivity index (χ1n) is 5.84. The number of rotatable bonds is 4. The van der Waals surface area contributed by atoms with Gasteiger partial charge in [0.15, 0.2) is 0 Å². The van der Waals surface area contributed by atoms with Crippen molar-refractivity contribution in [3.05, 3.63) is 0 Å². The van der Waals surface area contributed by atoms with Gasteiger partial charge in [0.05, 0.1) is 0 Å². The molecule has 0 aromatic carbocycles. The second kappa shape index (κ2) is 5.32. The molecule has 1 rings (SSSR count). The van der Waals surface area contributed by atoms with Crippen LogP contribution in [0.3, 0.4) is 0 Å². The van der Waals surface area contributed by atoms with Gasteiger partial charge in [-0.2, -0.15) is 0 Å². The highest BCUT2D eigenvalue weighted by Crippen LogP contribution is 2.32. The summed E-state index contributed by atoms with van der Waals surface area (Å²) in [4.78, 5) is 22.2. The third-order valence-electron chi connectivity index (χ3n) is 2.81. The van der Waals surface area contributed by atoms with E-state index in [1.165, 1.54) is 6.42 Å². The maximum absolute atomic E-state index is 11.4. The van der Waals surface area contributed by atoms with Gasteiger partial charge in [-0.05, 0) is 39.5 Å². The Kier molecular flexibility index (Phi) is 4.33. The summed E-state index contributed by atoms with van der Waals surface area (Å²) < 4.78 is 5.10. The van der Waals surface area contributed by atoms with Crippen molar-refractivity contribution < 1.29 is 14.3 Å². The number of hydrogen-bond acceptors (Lipinski definition) is 3. The van der Waals surface area contributed by atoms with Crippen molar-refractivity contribution in [2.75, 3.05) is 6.54 Å². The predicted molar refractivity (Wildman–Crippen MR) is 61.1 cm³/mol. The fourth-order valence-electron chi connectivity index (χ4n) is 1.71. The molecule has 1 N–H and O–H groups in total. The van der Waals surface area contributed by atoms with Crippen LogP contribution in [0.15, 0.2) is 0 Å². The largest absolute Gasteiger partial charge is 0.444 e. The van der Waals surface area contributed by atoms with Gasteiger partial charge in [-0.25, -0.2) is 4.79 Å². The molecule has 0 bridgehead atoms. The van der Waals surface area contributed by atoms with Gasteiger partial charge in [-0.1, -0.05) is 6.42 Å². The lowest BCUT2D eigenvalue weighted by Crippen LogP contribution is -2.38. The molecule has 0 heterocycles. The molecule has 1 fully saturated rings. The molecule has 4 nitrogen and oxygen atoms in total. The number of alkyl carbamates (subject to hydrolysis) is 1. The molecule has 16 heavy (non-hydrogen) atoms. The second-order valence-electron chi connectivity index (χ2n) is 5.37. The molecule has 0 aromatic rings. The van der Waals surface area contributed by atoms with Crippen LogP contribution in [0.2, 0.25) is 0 Å². The lowest BCUT2D eigenvalue weighted by Gasteiger charge is -2.30. The summed E-state index contributed by atoms with van der Waals surface area (Å²) >= 11 is 0. The first-order valence-corrected chi connectivity index (χ1v) is 5.84. The van der Waals surface area contributed by atoms with Gasteiger partial charge in [0.2, 0.25) is 0 Å². The highest BCUT2D eigenvalue weighted by molar-refractivity contribution is 5.68. The van der Waals surface area contributed by atoms with Gasteiger partial charge in [-0.3, -0.25) is 0 Å². The van der Waals surface area contributed by atoms with E-state index in [0.29, 0.717) is 12.5 Å². The highest BCUT2D eigenvalue weighted by Gasteiger charge is 2.27. The Balaban J connectivity index is 2.26. The molecule has 4 heteroatoms. The monoisotopic (exact) mass is 227 g/mol. The van der Waals surface area contributed by atoms with Crippen molar-refractivity contribution >= 4 is 12.4 Å². The summed E-state index contributed by atoms with van der Waals surface area (Å²) in [6.45, 7) is 5.84. The van der Waals surface area contributed by atoms with Gasteiger partial charge < -0.3 is 14.8 Å². The third kappa shape index (κ3) is 4.21. The average Bonchev–Trinajstić information content (AvgIpc) is 2.05. The van der Waals surface area contributed by atoms with E-state index in [-0.39, 0.29) is 5.92 Å². The number of ether oxygens (including phenoxy) is 1. The van der Waals surface area contributed by atoms with Crippen molar-refractivity contribution in [2.45, 2.75) is 45.6 Å². The number of hydrogen-bond donors (Lipinski definition) is 1. The third-order valence-corrected chi connectivity index (χ3v) is 2.81. The second-order valence-corrected chi connectivity index (χ2v) is 5.37. The predicted octanol–water partition coefficient (Wildman–Crippen LogP) is 2.13. The Morgan fingerprint density at radius 2 is 2.12 bits per heavy atom. The van der Waals surface area contributed by atoms with Crippen LogP contribution < -0.4 is 5.32 Å². The van der Waals surface area contributed by atoms with Crippen LogP contribution in [0.1, 0.15) is 40.0 Å². The van der Waals surface area contributed by atoms with Crippen LogP contribution in [0.4, 0.5) is 4.79 Å². The van der Waals surface area contributed by atoms with Crippen LogP contribution in [-0.2, 0) is 9.53 Å². The summed E-state index contributed by atoms with van der Waals surface area (Å²) in [5.41, 5.74) is -0.489. The highest BCUT2D eigenvalue weighted by atomic mass is 16.6. The quantitative estimate of drug-likeness (QED) is 0.748. The SMILES string of the molecule is CC(C)(C)OC(=O)NCC(C=O)C1CCC1. The van der Waals surface area contributed by atoms with E-state index in [1.54, 1.807) is 0 Å². The summed E-state index contributed by atoms with van der Waals surface area (Å²) in [6, 6.07) is 0. The smallest absolute Gasteiger partial charge is 0.407 e. The van der Waals surface area contributed by atoms with Crippen molar-refractivity contribution in [2.24, 2.45) is 11.8 Å². The molecule has 0 aromatic heterocycles. The lowest BCUT2D eigenvalue weighted by molar-refractivity contribution is -0.113. The maximum atomic E-state index is 11.4. The Hall–Kier alpha value is -1.06. The van der Waals surface area contributed by atoms with Gasteiger partial charge >= 0.3 is 6.09 Å². The molecule has 1 unspecified atom stereocenters. The van der Waals surface area contributed by atoms with Crippen molar-refractivity contribution in [3.8, 4) is 0 Å². The van der Waals surface area contributed by atoms with E-state index in [1.807, 2.05) is 20.8 Å². The van der Waals surface area contributed by atoms with Crippen molar-refractivity contribution in [1.82, 2.24) is 5.32 Å². The molecule has 0 spiro atoms. The zero-order chi connectivity index (χ0) is 12.2. The number of nitrogens with one attached hydrogen (secondary N) is 1. The van der Waals surface area contributed by atoms with Gasteiger partial charge in [0, 0.05) is 12.5 Å². The minimum atomic E-state index is -0.489. The molecule has 1 aliphatic rings. The fraction of sp³-hybridized carbons (Fsp3) is 0.833. The number of carbonyl (C=O) groups is 2. The van der Waals surface area contributed by atoms with E-state index >= 15 is 0 Å².